The third kappa shape index (κ3) is 6.23. The molecular formula is C17H23N3O3S. The Balaban J connectivity index is 1.75. The van der Waals surface area contributed by atoms with Crippen LogP contribution in [0.2, 0.25) is 0 Å². The summed E-state index contributed by atoms with van der Waals surface area (Å²) in [5, 5.41) is 10.9. The van der Waals surface area contributed by atoms with Crippen molar-refractivity contribution in [2.24, 2.45) is 0 Å². The Kier molecular flexibility index (Phi) is 7.61. The van der Waals surface area contributed by atoms with Crippen molar-refractivity contribution >= 4 is 17.7 Å². The van der Waals surface area contributed by atoms with E-state index in [1.165, 1.54) is 0 Å². The molecule has 1 N–H and O–H groups in total. The van der Waals surface area contributed by atoms with Gasteiger partial charge in [0.15, 0.2) is 0 Å². The molecule has 0 aliphatic rings. The second-order valence-electron chi connectivity index (χ2n) is 5.28. The minimum atomic E-state index is 0.0141. The van der Waals surface area contributed by atoms with Crippen LogP contribution in [-0.2, 0) is 24.1 Å². The van der Waals surface area contributed by atoms with Gasteiger partial charge < -0.3 is 14.5 Å². The number of hydrogen-bond donors (Lipinski definition) is 1. The first-order chi connectivity index (χ1) is 11.7. The Morgan fingerprint density at radius 2 is 2.04 bits per heavy atom. The number of nitrogens with one attached hydrogen (secondary N) is 1. The van der Waals surface area contributed by atoms with Crippen molar-refractivity contribution in [3.05, 3.63) is 41.6 Å². The quantitative estimate of drug-likeness (QED) is 0.663. The number of benzene rings is 1. The first kappa shape index (κ1) is 18.3. The highest BCUT2D eigenvalue weighted by Crippen LogP contribution is 2.14. The summed E-state index contributed by atoms with van der Waals surface area (Å²) in [6.07, 6.45) is 4.31. The highest BCUT2D eigenvalue weighted by atomic mass is 32.2. The lowest BCUT2D eigenvalue weighted by Crippen LogP contribution is -2.25. The van der Waals surface area contributed by atoms with Gasteiger partial charge in [-0.25, -0.2) is 0 Å². The highest BCUT2D eigenvalue weighted by Gasteiger charge is 2.09. The largest absolute Gasteiger partial charge is 0.497 e. The summed E-state index contributed by atoms with van der Waals surface area (Å²) < 4.78 is 10.8. The molecule has 0 saturated carbocycles. The molecule has 1 amide bonds. The third-order valence-corrected chi connectivity index (χ3v) is 4.08. The molecule has 2 rings (SSSR count). The van der Waals surface area contributed by atoms with E-state index in [0.717, 1.165) is 23.5 Å². The first-order valence-electron chi connectivity index (χ1n) is 7.91. The van der Waals surface area contributed by atoms with Crippen LogP contribution in [0.15, 0.2) is 28.7 Å². The number of carbonyl (C=O) groups is 1. The van der Waals surface area contributed by atoms with E-state index in [-0.39, 0.29) is 5.91 Å². The van der Waals surface area contributed by atoms with Crippen molar-refractivity contribution in [3.8, 4) is 5.75 Å². The van der Waals surface area contributed by atoms with Crippen molar-refractivity contribution in [3.63, 3.8) is 0 Å². The second kappa shape index (κ2) is 9.97. The summed E-state index contributed by atoms with van der Waals surface area (Å²) in [4.78, 5) is 11.6. The maximum atomic E-state index is 11.6. The fraction of sp³-hybridized carbons (Fsp3) is 0.471. The molecule has 0 spiro atoms. The van der Waals surface area contributed by atoms with Gasteiger partial charge in [-0.1, -0.05) is 12.1 Å². The Bertz CT molecular complexity index is 646. The van der Waals surface area contributed by atoms with Gasteiger partial charge in [0.1, 0.15) is 5.75 Å². The molecule has 1 aromatic heterocycles. The lowest BCUT2D eigenvalue weighted by atomic mass is 10.1. The van der Waals surface area contributed by atoms with Gasteiger partial charge in [-0.2, -0.15) is 11.8 Å². The van der Waals surface area contributed by atoms with E-state index in [1.54, 1.807) is 18.9 Å². The number of aryl methyl sites for hydroxylation is 3. The molecule has 0 fully saturated rings. The summed E-state index contributed by atoms with van der Waals surface area (Å²) in [5.41, 5.74) is 1.15. The lowest BCUT2D eigenvalue weighted by Gasteiger charge is -2.03. The molecule has 0 bridgehead atoms. The minimum absolute atomic E-state index is 0.0141. The van der Waals surface area contributed by atoms with E-state index < -0.39 is 0 Å². The number of hydrogen-bond acceptors (Lipinski definition) is 6. The number of rotatable bonds is 10. The molecule has 1 aromatic carbocycles. The summed E-state index contributed by atoms with van der Waals surface area (Å²) in [6, 6.07) is 7.91. The Morgan fingerprint density at radius 3 is 2.79 bits per heavy atom. The second-order valence-corrected chi connectivity index (χ2v) is 6.27. The molecule has 6 nitrogen and oxygen atoms in total. The van der Waals surface area contributed by atoms with Crippen LogP contribution in [0.25, 0.3) is 0 Å². The van der Waals surface area contributed by atoms with Crippen LogP contribution in [0.1, 0.15) is 23.8 Å². The Labute approximate surface area is 146 Å². The zero-order chi connectivity index (χ0) is 17.2. The summed E-state index contributed by atoms with van der Waals surface area (Å²) >= 11 is 1.70. The molecule has 0 radical (unpaired) electrons. The fourth-order valence-corrected chi connectivity index (χ4v) is 2.48. The van der Waals surface area contributed by atoms with Crippen LogP contribution in [0.3, 0.4) is 0 Å². The maximum absolute atomic E-state index is 11.6. The van der Waals surface area contributed by atoms with Gasteiger partial charge in [0.05, 0.1) is 7.11 Å². The van der Waals surface area contributed by atoms with E-state index in [0.29, 0.717) is 37.6 Å². The van der Waals surface area contributed by atoms with E-state index in [1.807, 2.05) is 30.5 Å². The average Bonchev–Trinajstić information content (AvgIpc) is 3.06. The number of nitrogens with zero attached hydrogens (tertiary/aromatic N) is 2. The monoisotopic (exact) mass is 349 g/mol. The standard InChI is InChI=1S/C17H23N3O3S/c1-22-14-5-3-4-13(12-14)6-8-16-19-20-17(23-16)9-7-15(21)18-10-11-24-2/h3-5,12H,6-11H2,1-2H3,(H,18,21). The van der Waals surface area contributed by atoms with Crippen molar-refractivity contribution < 1.29 is 13.9 Å². The molecule has 24 heavy (non-hydrogen) atoms. The van der Waals surface area contributed by atoms with Crippen molar-refractivity contribution in [1.82, 2.24) is 15.5 Å². The molecule has 1 heterocycles. The molecule has 0 atom stereocenters. The van der Waals surface area contributed by atoms with E-state index in [9.17, 15) is 4.79 Å². The van der Waals surface area contributed by atoms with Gasteiger partial charge in [-0.15, -0.1) is 10.2 Å². The first-order valence-corrected chi connectivity index (χ1v) is 9.30. The third-order valence-electron chi connectivity index (χ3n) is 3.46. The SMILES string of the molecule is COc1cccc(CCc2nnc(CCC(=O)NCCSC)o2)c1. The number of amides is 1. The Morgan fingerprint density at radius 1 is 1.25 bits per heavy atom. The fourth-order valence-electron chi connectivity index (χ4n) is 2.17. The molecule has 0 aliphatic heterocycles. The van der Waals surface area contributed by atoms with Crippen molar-refractivity contribution in [1.29, 1.82) is 0 Å². The smallest absolute Gasteiger partial charge is 0.220 e. The predicted octanol–water partition coefficient (Wildman–Crippen LogP) is 2.28. The van der Waals surface area contributed by atoms with Gasteiger partial charge >= 0.3 is 0 Å². The van der Waals surface area contributed by atoms with Crippen LogP contribution in [0.4, 0.5) is 0 Å². The molecule has 0 saturated heterocycles. The number of methoxy groups -OCH3 is 1. The average molecular weight is 349 g/mol. The number of ether oxygens (including phenoxy) is 1. The highest BCUT2D eigenvalue weighted by molar-refractivity contribution is 7.98. The van der Waals surface area contributed by atoms with Gasteiger partial charge in [0.2, 0.25) is 17.7 Å². The topological polar surface area (TPSA) is 77.2 Å². The molecule has 0 unspecified atom stereocenters. The minimum Gasteiger partial charge on any atom is -0.497 e. The van der Waals surface area contributed by atoms with E-state index in [4.69, 9.17) is 9.15 Å². The maximum Gasteiger partial charge on any atom is 0.220 e. The molecule has 7 heteroatoms. The van der Waals surface area contributed by atoms with Crippen molar-refractivity contribution in [2.75, 3.05) is 25.7 Å². The van der Waals surface area contributed by atoms with E-state index in [2.05, 4.69) is 15.5 Å². The van der Waals surface area contributed by atoms with Gasteiger partial charge in [-0.3, -0.25) is 4.79 Å². The van der Waals surface area contributed by atoms with Crippen LogP contribution < -0.4 is 10.1 Å². The number of carbonyl (C=O) groups excluding carboxylic acids is 1. The molecule has 0 aliphatic carbocycles. The van der Waals surface area contributed by atoms with Crippen molar-refractivity contribution in [2.45, 2.75) is 25.7 Å². The van der Waals surface area contributed by atoms with Crippen LogP contribution in [-0.4, -0.2) is 41.8 Å². The summed E-state index contributed by atoms with van der Waals surface area (Å²) in [6.45, 7) is 0.690. The zero-order valence-corrected chi connectivity index (χ0v) is 14.9. The lowest BCUT2D eigenvalue weighted by molar-refractivity contribution is -0.121. The van der Waals surface area contributed by atoms with Gasteiger partial charge in [0, 0.05) is 31.6 Å². The number of aromatic nitrogens is 2. The van der Waals surface area contributed by atoms with E-state index >= 15 is 0 Å². The normalized spacial score (nSPS) is 10.6. The summed E-state index contributed by atoms with van der Waals surface area (Å²) in [7, 11) is 1.65. The van der Waals surface area contributed by atoms with Gasteiger partial charge in [0.25, 0.3) is 0 Å². The number of thioether (sulfide) groups is 1. The predicted molar refractivity (Wildman–Crippen MR) is 94.4 cm³/mol. The molecular weight excluding hydrogens is 326 g/mol. The molecule has 2 aromatic rings. The van der Waals surface area contributed by atoms with Crippen LogP contribution >= 0.6 is 11.8 Å². The van der Waals surface area contributed by atoms with Crippen LogP contribution in [0, 0.1) is 0 Å². The Hall–Kier alpha value is -2.02. The van der Waals surface area contributed by atoms with Gasteiger partial charge in [-0.05, 0) is 30.4 Å². The summed E-state index contributed by atoms with van der Waals surface area (Å²) in [5.74, 6) is 2.87. The van der Waals surface area contributed by atoms with Crippen LogP contribution in [0.5, 0.6) is 5.75 Å². The zero-order valence-electron chi connectivity index (χ0n) is 14.1. The molecule has 130 valence electrons.